The number of benzene rings is 1. The van der Waals surface area contributed by atoms with Crippen LogP contribution in [0.1, 0.15) is 35.8 Å². The molecule has 0 spiro atoms. The van der Waals surface area contributed by atoms with Crippen molar-refractivity contribution >= 4 is 11.7 Å². The van der Waals surface area contributed by atoms with Crippen LogP contribution < -0.4 is 4.90 Å². The molecule has 1 aliphatic rings. The van der Waals surface area contributed by atoms with Crippen molar-refractivity contribution in [3.05, 3.63) is 65.9 Å². The molecule has 0 unspecified atom stereocenters. The number of hydrogen-bond acceptors (Lipinski definition) is 7. The van der Waals surface area contributed by atoms with E-state index in [0.717, 1.165) is 48.8 Å². The van der Waals surface area contributed by atoms with Gasteiger partial charge < -0.3 is 9.64 Å². The van der Waals surface area contributed by atoms with Gasteiger partial charge in [-0.05, 0) is 37.3 Å². The maximum Gasteiger partial charge on any atom is 0.252 e. The van der Waals surface area contributed by atoms with Crippen LogP contribution in [-0.2, 0) is 11.3 Å². The maximum atomic E-state index is 5.14. The summed E-state index contributed by atoms with van der Waals surface area (Å²) in [5, 5.41) is 4.50. The van der Waals surface area contributed by atoms with Crippen molar-refractivity contribution in [3.8, 4) is 11.3 Å². The van der Waals surface area contributed by atoms with Crippen molar-refractivity contribution in [2.75, 3.05) is 25.1 Å². The summed E-state index contributed by atoms with van der Waals surface area (Å²) in [4.78, 5) is 20.6. The number of piperidine rings is 1. The third-order valence-electron chi connectivity index (χ3n) is 5.89. The van der Waals surface area contributed by atoms with Crippen molar-refractivity contribution < 1.29 is 4.74 Å². The van der Waals surface area contributed by atoms with Gasteiger partial charge in [-0.1, -0.05) is 30.3 Å². The molecule has 0 saturated carbocycles. The normalized spacial score (nSPS) is 15.0. The number of aromatic nitrogens is 6. The summed E-state index contributed by atoms with van der Waals surface area (Å²) in [6.07, 6.45) is 5.84. The van der Waals surface area contributed by atoms with Gasteiger partial charge in [0.05, 0.1) is 11.4 Å². The Labute approximate surface area is 181 Å². The largest absolute Gasteiger partial charge is 0.377 e. The standard InChI is InChI=1S/C23H25N7O/c1-16-19(14-25-23-27-21(15-31-2)28-30(16)23)20-8-11-24-22(26-20)29-12-9-18(10-13-29)17-6-4-3-5-7-17/h3-8,11,14,18H,9-10,12-13,15H2,1-2H3. The highest BCUT2D eigenvalue weighted by molar-refractivity contribution is 5.63. The number of hydrogen-bond donors (Lipinski definition) is 0. The molecule has 31 heavy (non-hydrogen) atoms. The highest BCUT2D eigenvalue weighted by atomic mass is 16.5. The van der Waals surface area contributed by atoms with Crippen molar-refractivity contribution in [2.24, 2.45) is 0 Å². The fraction of sp³-hybridized carbons (Fsp3) is 0.348. The molecule has 0 aliphatic carbocycles. The molecule has 0 amide bonds. The summed E-state index contributed by atoms with van der Waals surface area (Å²) in [7, 11) is 1.63. The van der Waals surface area contributed by atoms with Gasteiger partial charge in [0.2, 0.25) is 5.95 Å². The molecule has 0 bridgehead atoms. The van der Waals surface area contributed by atoms with Gasteiger partial charge in [-0.25, -0.2) is 19.5 Å². The van der Waals surface area contributed by atoms with Crippen LogP contribution in [0.5, 0.6) is 0 Å². The summed E-state index contributed by atoms with van der Waals surface area (Å²) in [5.41, 5.74) is 4.12. The number of methoxy groups -OCH3 is 1. The van der Waals surface area contributed by atoms with Crippen LogP contribution in [0.25, 0.3) is 17.0 Å². The van der Waals surface area contributed by atoms with Crippen molar-refractivity contribution in [1.29, 1.82) is 0 Å². The van der Waals surface area contributed by atoms with Crippen molar-refractivity contribution in [1.82, 2.24) is 29.5 Å². The molecule has 1 saturated heterocycles. The molecule has 8 heteroatoms. The summed E-state index contributed by atoms with van der Waals surface area (Å²) >= 11 is 0. The average Bonchev–Trinajstić information content (AvgIpc) is 3.24. The minimum Gasteiger partial charge on any atom is -0.377 e. The molecular formula is C23H25N7O. The average molecular weight is 416 g/mol. The Balaban J connectivity index is 1.38. The van der Waals surface area contributed by atoms with E-state index in [1.54, 1.807) is 11.6 Å². The van der Waals surface area contributed by atoms with E-state index in [1.807, 2.05) is 25.4 Å². The first-order chi connectivity index (χ1) is 15.2. The lowest BCUT2D eigenvalue weighted by Gasteiger charge is -2.32. The number of nitrogens with zero attached hydrogens (tertiary/aromatic N) is 7. The Morgan fingerprint density at radius 1 is 1.03 bits per heavy atom. The maximum absolute atomic E-state index is 5.14. The summed E-state index contributed by atoms with van der Waals surface area (Å²) in [5.74, 6) is 2.54. The molecule has 1 fully saturated rings. The molecule has 0 radical (unpaired) electrons. The van der Waals surface area contributed by atoms with Crippen LogP contribution in [0.4, 0.5) is 5.95 Å². The predicted molar refractivity (Wildman–Crippen MR) is 118 cm³/mol. The summed E-state index contributed by atoms with van der Waals surface area (Å²) in [6.45, 7) is 4.25. The molecule has 4 aromatic rings. The second-order valence-corrected chi connectivity index (χ2v) is 7.84. The highest BCUT2D eigenvalue weighted by Gasteiger charge is 2.22. The molecule has 5 rings (SSSR count). The summed E-state index contributed by atoms with van der Waals surface area (Å²) < 4.78 is 6.89. The van der Waals surface area contributed by atoms with Crippen molar-refractivity contribution in [3.63, 3.8) is 0 Å². The fourth-order valence-corrected chi connectivity index (χ4v) is 4.21. The molecule has 8 nitrogen and oxygen atoms in total. The molecule has 1 aliphatic heterocycles. The number of ether oxygens (including phenoxy) is 1. The van der Waals surface area contributed by atoms with Gasteiger partial charge >= 0.3 is 0 Å². The molecule has 0 atom stereocenters. The van der Waals surface area contributed by atoms with E-state index in [4.69, 9.17) is 9.72 Å². The Morgan fingerprint density at radius 3 is 2.61 bits per heavy atom. The quantitative estimate of drug-likeness (QED) is 0.494. The fourth-order valence-electron chi connectivity index (χ4n) is 4.21. The van der Waals surface area contributed by atoms with E-state index in [-0.39, 0.29) is 0 Å². The van der Waals surface area contributed by atoms with Crippen LogP contribution in [0, 0.1) is 6.92 Å². The van der Waals surface area contributed by atoms with Gasteiger partial charge in [0.1, 0.15) is 6.61 Å². The minimum absolute atomic E-state index is 0.356. The van der Waals surface area contributed by atoms with Gasteiger partial charge in [0.15, 0.2) is 5.82 Å². The predicted octanol–water partition coefficient (Wildman–Crippen LogP) is 3.42. The van der Waals surface area contributed by atoms with E-state index < -0.39 is 0 Å². The molecule has 0 N–H and O–H groups in total. The van der Waals surface area contributed by atoms with Crippen LogP contribution in [0.3, 0.4) is 0 Å². The third kappa shape index (κ3) is 3.86. The first-order valence-corrected chi connectivity index (χ1v) is 10.6. The number of rotatable bonds is 5. The summed E-state index contributed by atoms with van der Waals surface area (Å²) in [6, 6.07) is 12.7. The van der Waals surface area contributed by atoms with Gasteiger partial charge in [-0.15, -0.1) is 5.10 Å². The van der Waals surface area contributed by atoms with Crippen LogP contribution in [0.2, 0.25) is 0 Å². The highest BCUT2D eigenvalue weighted by Crippen LogP contribution is 2.30. The first kappa shape index (κ1) is 19.6. The second-order valence-electron chi connectivity index (χ2n) is 7.84. The zero-order chi connectivity index (χ0) is 21.2. The molecule has 1 aromatic carbocycles. The Kier molecular flexibility index (Phi) is 5.30. The van der Waals surface area contributed by atoms with E-state index in [1.165, 1.54) is 5.56 Å². The lowest BCUT2D eigenvalue weighted by molar-refractivity contribution is 0.178. The van der Waals surface area contributed by atoms with Gasteiger partial charge in [-0.2, -0.15) is 4.98 Å². The molecule has 158 valence electrons. The monoisotopic (exact) mass is 415 g/mol. The SMILES string of the molecule is COCc1nc2ncc(-c3ccnc(N4CCC(c5ccccc5)CC4)n3)c(C)n2n1. The Morgan fingerprint density at radius 2 is 1.84 bits per heavy atom. The number of aryl methyl sites for hydroxylation is 1. The van der Waals surface area contributed by atoms with E-state index in [2.05, 4.69) is 55.3 Å². The van der Waals surface area contributed by atoms with E-state index in [9.17, 15) is 0 Å². The minimum atomic E-state index is 0.356. The topological polar surface area (TPSA) is 81.3 Å². The molecule has 4 heterocycles. The van der Waals surface area contributed by atoms with Crippen molar-refractivity contribution in [2.45, 2.75) is 32.3 Å². The Bertz CT molecular complexity index is 1180. The van der Waals surface area contributed by atoms with Crippen LogP contribution >= 0.6 is 0 Å². The molecule has 3 aromatic heterocycles. The van der Waals surface area contributed by atoms with Gasteiger partial charge in [0.25, 0.3) is 5.78 Å². The zero-order valence-electron chi connectivity index (χ0n) is 17.8. The number of fused-ring (bicyclic) bond motifs is 1. The van der Waals surface area contributed by atoms with Crippen LogP contribution in [-0.4, -0.2) is 49.7 Å². The number of anilines is 1. The third-order valence-corrected chi connectivity index (χ3v) is 5.89. The van der Waals surface area contributed by atoms with E-state index >= 15 is 0 Å². The van der Waals surface area contributed by atoms with Gasteiger partial charge in [-0.3, -0.25) is 0 Å². The Hall–Kier alpha value is -3.39. The van der Waals surface area contributed by atoms with Crippen LogP contribution in [0.15, 0.2) is 48.8 Å². The zero-order valence-corrected chi connectivity index (χ0v) is 17.8. The molecular weight excluding hydrogens is 390 g/mol. The van der Waals surface area contributed by atoms with Gasteiger partial charge in [0, 0.05) is 38.2 Å². The smallest absolute Gasteiger partial charge is 0.252 e. The lowest BCUT2D eigenvalue weighted by atomic mass is 9.90. The first-order valence-electron chi connectivity index (χ1n) is 10.6. The lowest BCUT2D eigenvalue weighted by Crippen LogP contribution is -2.34. The second kappa shape index (κ2) is 8.39. The van der Waals surface area contributed by atoms with E-state index in [0.29, 0.717) is 24.1 Å².